The van der Waals surface area contributed by atoms with Crippen LogP contribution < -0.4 is 0 Å². The number of rotatable bonds is 1. The summed E-state index contributed by atoms with van der Waals surface area (Å²) < 4.78 is 0. The largest absolute Gasteiger partial charge is 0.298 e. The smallest absolute Gasteiger partial charge is 0.187 e. The molecular formula is C12H11NO2. The Balaban J connectivity index is 2.30. The van der Waals surface area contributed by atoms with E-state index in [1.165, 1.54) is 0 Å². The second kappa shape index (κ2) is 3.77. The maximum absolute atomic E-state index is 11.6. The fourth-order valence-electron chi connectivity index (χ4n) is 1.55. The number of hydrogen-bond donors (Lipinski definition) is 0. The molecule has 0 heterocycles. The third kappa shape index (κ3) is 1.86. The maximum atomic E-state index is 11.6. The van der Waals surface area contributed by atoms with Gasteiger partial charge in [-0.25, -0.2) is 4.99 Å². The van der Waals surface area contributed by atoms with Crippen LogP contribution in [0.25, 0.3) is 0 Å². The summed E-state index contributed by atoms with van der Waals surface area (Å²) >= 11 is 0. The molecule has 1 aromatic rings. The number of carbonyl (C=O) groups is 2. The van der Waals surface area contributed by atoms with E-state index >= 15 is 0 Å². The topological polar surface area (TPSA) is 46.5 Å². The lowest BCUT2D eigenvalue weighted by Gasteiger charge is -1.95. The molecule has 3 nitrogen and oxygen atoms in total. The van der Waals surface area contributed by atoms with Crippen LogP contribution in [-0.4, -0.2) is 17.3 Å². The zero-order valence-electron chi connectivity index (χ0n) is 8.43. The first kappa shape index (κ1) is 9.77. The average Bonchev–Trinajstić information content (AvgIpc) is 2.48. The number of Topliss-reactive ketones (excluding diaryl/α,β-unsaturated/α-hetero) is 2. The molecule has 0 unspecified atom stereocenters. The Hall–Kier alpha value is -1.77. The highest BCUT2D eigenvalue weighted by Crippen LogP contribution is 2.19. The quantitative estimate of drug-likeness (QED) is 0.652. The summed E-state index contributed by atoms with van der Waals surface area (Å²) in [4.78, 5) is 27.0. The Morgan fingerprint density at radius 2 is 1.87 bits per heavy atom. The molecule has 0 N–H and O–H groups in total. The van der Waals surface area contributed by atoms with Gasteiger partial charge in [-0.3, -0.25) is 9.59 Å². The van der Waals surface area contributed by atoms with Crippen molar-refractivity contribution in [2.45, 2.75) is 13.3 Å². The van der Waals surface area contributed by atoms with Crippen molar-refractivity contribution in [2.24, 2.45) is 10.9 Å². The molecule has 0 spiro atoms. The Kier molecular flexibility index (Phi) is 2.46. The summed E-state index contributed by atoms with van der Waals surface area (Å²) in [6.07, 6.45) is 0.175. The molecule has 3 heteroatoms. The molecule has 15 heavy (non-hydrogen) atoms. The molecule has 0 aliphatic heterocycles. The molecule has 1 fully saturated rings. The maximum Gasteiger partial charge on any atom is 0.187 e. The zero-order valence-corrected chi connectivity index (χ0v) is 8.43. The van der Waals surface area contributed by atoms with E-state index in [9.17, 15) is 9.59 Å². The van der Waals surface area contributed by atoms with E-state index in [0.29, 0.717) is 5.71 Å². The van der Waals surface area contributed by atoms with Crippen LogP contribution in [0.3, 0.4) is 0 Å². The number of ketones is 2. The lowest BCUT2D eigenvalue weighted by molar-refractivity contribution is -0.125. The molecular weight excluding hydrogens is 190 g/mol. The van der Waals surface area contributed by atoms with E-state index in [0.717, 1.165) is 5.69 Å². The molecule has 2 rings (SSSR count). The molecule has 1 aromatic carbocycles. The predicted molar refractivity (Wildman–Crippen MR) is 57.3 cm³/mol. The van der Waals surface area contributed by atoms with Crippen LogP contribution in [0.2, 0.25) is 0 Å². The van der Waals surface area contributed by atoms with E-state index < -0.39 is 5.92 Å². The van der Waals surface area contributed by atoms with Crippen LogP contribution in [0, 0.1) is 5.92 Å². The number of benzene rings is 1. The summed E-state index contributed by atoms with van der Waals surface area (Å²) in [6.45, 7) is 1.64. The van der Waals surface area contributed by atoms with Crippen molar-refractivity contribution in [3.63, 3.8) is 0 Å². The highest BCUT2D eigenvalue weighted by Gasteiger charge is 2.34. The second-order valence-electron chi connectivity index (χ2n) is 3.62. The van der Waals surface area contributed by atoms with Crippen molar-refractivity contribution >= 4 is 23.0 Å². The first-order valence-corrected chi connectivity index (χ1v) is 4.88. The monoisotopic (exact) mass is 201 g/mol. The van der Waals surface area contributed by atoms with Gasteiger partial charge in [-0.2, -0.15) is 0 Å². The van der Waals surface area contributed by atoms with E-state index in [2.05, 4.69) is 4.99 Å². The normalized spacial score (nSPS) is 23.8. The summed E-state index contributed by atoms with van der Waals surface area (Å²) in [5.74, 6) is -0.675. The van der Waals surface area contributed by atoms with Gasteiger partial charge < -0.3 is 0 Å². The number of nitrogens with zero attached hydrogens (tertiary/aromatic N) is 1. The molecule has 1 aliphatic rings. The third-order valence-corrected chi connectivity index (χ3v) is 2.52. The highest BCUT2D eigenvalue weighted by atomic mass is 16.2. The number of hydrogen-bond acceptors (Lipinski definition) is 3. The van der Waals surface area contributed by atoms with E-state index in [1.54, 1.807) is 6.92 Å². The number of para-hydroxylation sites is 1. The first-order valence-electron chi connectivity index (χ1n) is 4.88. The minimum atomic E-state index is -0.507. The minimum Gasteiger partial charge on any atom is -0.298 e. The Labute approximate surface area is 87.8 Å². The van der Waals surface area contributed by atoms with E-state index in [-0.39, 0.29) is 18.0 Å². The van der Waals surface area contributed by atoms with Gasteiger partial charge in [0.25, 0.3) is 0 Å². The van der Waals surface area contributed by atoms with Crippen molar-refractivity contribution in [1.29, 1.82) is 0 Å². The van der Waals surface area contributed by atoms with Gasteiger partial charge in [0.15, 0.2) is 5.78 Å². The summed E-state index contributed by atoms with van der Waals surface area (Å²) in [5, 5.41) is 0. The summed E-state index contributed by atoms with van der Waals surface area (Å²) in [5.41, 5.74) is 1.11. The molecule has 0 saturated heterocycles. The number of carbonyl (C=O) groups excluding carboxylic acids is 2. The van der Waals surface area contributed by atoms with Gasteiger partial charge in [-0.05, 0) is 19.1 Å². The van der Waals surface area contributed by atoms with E-state index in [4.69, 9.17) is 0 Å². The van der Waals surface area contributed by atoms with Gasteiger partial charge in [0.2, 0.25) is 0 Å². The molecule has 0 amide bonds. The Morgan fingerprint density at radius 1 is 1.20 bits per heavy atom. The Morgan fingerprint density at radius 3 is 2.40 bits per heavy atom. The van der Waals surface area contributed by atoms with Crippen LogP contribution >= 0.6 is 0 Å². The molecule has 0 aromatic heterocycles. The third-order valence-electron chi connectivity index (χ3n) is 2.52. The summed E-state index contributed by atoms with van der Waals surface area (Å²) in [6, 6.07) is 9.21. The van der Waals surface area contributed by atoms with Gasteiger partial charge in [0, 0.05) is 0 Å². The molecule has 1 aliphatic carbocycles. The highest BCUT2D eigenvalue weighted by molar-refractivity contribution is 6.52. The molecule has 76 valence electrons. The minimum absolute atomic E-state index is 0.0327. The fourth-order valence-corrected chi connectivity index (χ4v) is 1.55. The Bertz CT molecular complexity index is 434. The SMILES string of the molecule is C[C@@H]1C(=O)CC(=Nc2ccccc2)C1=O. The van der Waals surface area contributed by atoms with Gasteiger partial charge >= 0.3 is 0 Å². The van der Waals surface area contributed by atoms with Gasteiger partial charge in [-0.15, -0.1) is 0 Å². The van der Waals surface area contributed by atoms with Crippen molar-refractivity contribution in [3.8, 4) is 0 Å². The van der Waals surface area contributed by atoms with Crippen LogP contribution in [-0.2, 0) is 9.59 Å². The predicted octanol–water partition coefficient (Wildman–Crippen LogP) is 1.94. The van der Waals surface area contributed by atoms with Gasteiger partial charge in [0.05, 0.1) is 23.7 Å². The summed E-state index contributed by atoms with van der Waals surface area (Å²) in [7, 11) is 0. The molecule has 1 atom stereocenters. The lowest BCUT2D eigenvalue weighted by atomic mass is 10.1. The molecule has 0 bridgehead atoms. The van der Waals surface area contributed by atoms with E-state index in [1.807, 2.05) is 30.3 Å². The average molecular weight is 201 g/mol. The lowest BCUT2D eigenvalue weighted by Crippen LogP contribution is -2.12. The number of aliphatic imine (C=N–C) groups is 1. The van der Waals surface area contributed by atoms with Crippen molar-refractivity contribution in [1.82, 2.24) is 0 Å². The van der Waals surface area contributed by atoms with Crippen molar-refractivity contribution < 1.29 is 9.59 Å². The first-order chi connectivity index (χ1) is 7.18. The van der Waals surface area contributed by atoms with Crippen molar-refractivity contribution in [2.75, 3.05) is 0 Å². The molecule has 1 saturated carbocycles. The standard InChI is InChI=1S/C12H11NO2/c1-8-11(14)7-10(12(8)15)13-9-5-3-2-4-6-9/h2-6,8H,7H2,1H3/t8-/m1/s1. The van der Waals surface area contributed by atoms with Crippen LogP contribution in [0.5, 0.6) is 0 Å². The second-order valence-corrected chi connectivity index (χ2v) is 3.62. The van der Waals surface area contributed by atoms with Crippen molar-refractivity contribution in [3.05, 3.63) is 30.3 Å². The van der Waals surface area contributed by atoms with Crippen LogP contribution in [0.4, 0.5) is 5.69 Å². The zero-order chi connectivity index (χ0) is 10.8. The van der Waals surface area contributed by atoms with Crippen LogP contribution in [0.1, 0.15) is 13.3 Å². The fraction of sp³-hybridized carbons (Fsp3) is 0.250. The van der Waals surface area contributed by atoms with Gasteiger partial charge in [0.1, 0.15) is 5.78 Å². The van der Waals surface area contributed by atoms with Gasteiger partial charge in [-0.1, -0.05) is 18.2 Å². The van der Waals surface area contributed by atoms with Crippen LogP contribution in [0.15, 0.2) is 35.3 Å². The molecule has 0 radical (unpaired) electrons.